The summed E-state index contributed by atoms with van der Waals surface area (Å²) in [5.74, 6) is 2.01. The number of nitrogens with one attached hydrogen (secondary N) is 1. The van der Waals surface area contributed by atoms with Gasteiger partial charge in [0.2, 0.25) is 0 Å². The van der Waals surface area contributed by atoms with Crippen molar-refractivity contribution in [2.75, 3.05) is 26.6 Å². The van der Waals surface area contributed by atoms with E-state index in [-0.39, 0.29) is 5.91 Å². The Kier molecular flexibility index (Phi) is 6.70. The summed E-state index contributed by atoms with van der Waals surface area (Å²) in [6, 6.07) is 18.1. The number of benzene rings is 2. The Morgan fingerprint density at radius 1 is 0.946 bits per heavy atom. The number of nitrogens with zero attached hydrogens (tertiary/aromatic N) is 4. The highest BCUT2D eigenvalue weighted by Gasteiger charge is 2.17. The van der Waals surface area contributed by atoms with Crippen molar-refractivity contribution < 1.29 is 19.0 Å². The lowest BCUT2D eigenvalue weighted by Crippen LogP contribution is -2.13. The zero-order valence-electron chi connectivity index (χ0n) is 20.4. The second-order valence-electron chi connectivity index (χ2n) is 8.18. The van der Waals surface area contributed by atoms with Crippen LogP contribution < -0.4 is 19.5 Å². The molecule has 5 rings (SSSR count). The Hall–Kier alpha value is -4.50. The van der Waals surface area contributed by atoms with E-state index < -0.39 is 0 Å². The van der Waals surface area contributed by atoms with Gasteiger partial charge < -0.3 is 23.9 Å². The maximum atomic E-state index is 13.0. The number of anilines is 1. The van der Waals surface area contributed by atoms with Crippen molar-refractivity contribution in [3.8, 4) is 28.6 Å². The van der Waals surface area contributed by atoms with Gasteiger partial charge in [-0.15, -0.1) is 0 Å². The van der Waals surface area contributed by atoms with Crippen LogP contribution in [0.4, 0.5) is 5.82 Å². The first kappa shape index (κ1) is 24.2. The van der Waals surface area contributed by atoms with Crippen LogP contribution in [-0.2, 0) is 6.54 Å². The summed E-state index contributed by atoms with van der Waals surface area (Å²) in [7, 11) is 4.77. The zero-order valence-corrected chi connectivity index (χ0v) is 21.2. The third-order valence-corrected chi connectivity index (χ3v) is 6.15. The summed E-state index contributed by atoms with van der Waals surface area (Å²) in [6.07, 6.45) is 3.79. The van der Waals surface area contributed by atoms with Gasteiger partial charge in [-0.1, -0.05) is 23.7 Å². The van der Waals surface area contributed by atoms with Gasteiger partial charge in [-0.25, -0.2) is 4.98 Å². The van der Waals surface area contributed by atoms with Gasteiger partial charge in [0.25, 0.3) is 5.91 Å². The molecule has 0 bridgehead atoms. The Labute approximate surface area is 218 Å². The van der Waals surface area contributed by atoms with E-state index in [1.54, 1.807) is 43.2 Å². The quantitative estimate of drug-likeness (QED) is 0.305. The van der Waals surface area contributed by atoms with E-state index in [1.807, 2.05) is 53.2 Å². The first-order chi connectivity index (χ1) is 18.0. The number of hydrogen-bond donors (Lipinski definition) is 1. The molecule has 0 aliphatic carbocycles. The van der Waals surface area contributed by atoms with Gasteiger partial charge in [-0.2, -0.15) is 5.10 Å². The molecule has 0 aliphatic rings. The number of methoxy groups -OCH3 is 3. The normalized spacial score (nSPS) is 10.9. The van der Waals surface area contributed by atoms with Crippen LogP contribution in [0.25, 0.3) is 17.0 Å². The molecule has 37 heavy (non-hydrogen) atoms. The summed E-state index contributed by atoms with van der Waals surface area (Å²) in [6.45, 7) is 0.459. The Morgan fingerprint density at radius 2 is 1.73 bits per heavy atom. The highest BCUT2D eigenvalue weighted by Crippen LogP contribution is 2.28. The Bertz CT molecular complexity index is 1580. The lowest BCUT2D eigenvalue weighted by atomic mass is 10.2. The van der Waals surface area contributed by atoms with E-state index in [2.05, 4.69) is 10.4 Å². The number of carbonyl (C=O) groups excluding carboxylic acids is 1. The topological polar surface area (TPSA) is 91.9 Å². The van der Waals surface area contributed by atoms with Crippen LogP contribution in [0.2, 0.25) is 5.02 Å². The van der Waals surface area contributed by atoms with Crippen molar-refractivity contribution in [1.82, 2.24) is 19.2 Å². The molecular weight excluding hydrogens is 494 g/mol. The van der Waals surface area contributed by atoms with Crippen LogP contribution in [0.15, 0.2) is 73.1 Å². The molecular formula is C27H24ClN5O4. The molecule has 2 aromatic carbocycles. The van der Waals surface area contributed by atoms with Crippen LogP contribution in [0.5, 0.6) is 17.2 Å². The summed E-state index contributed by atoms with van der Waals surface area (Å²) < 4.78 is 19.5. The lowest BCUT2D eigenvalue weighted by molar-refractivity contribution is 0.102. The largest absolute Gasteiger partial charge is 0.497 e. The van der Waals surface area contributed by atoms with E-state index in [0.29, 0.717) is 40.1 Å². The Balaban J connectivity index is 1.50. The standard InChI is InChI=1S/C27H24ClN5O4/c1-35-19-7-4-17(5-8-19)15-33-23(22-16-32-11-10-20(36-2)13-26(32)29-22)14-25(31-33)30-27(34)18-6-9-24(37-3)21(28)12-18/h4-14,16H,15H2,1-3H3,(H,30,31,34). The molecule has 188 valence electrons. The van der Waals surface area contributed by atoms with E-state index in [0.717, 1.165) is 22.7 Å². The number of hydrogen-bond acceptors (Lipinski definition) is 6. The highest BCUT2D eigenvalue weighted by atomic mass is 35.5. The van der Waals surface area contributed by atoms with Crippen molar-refractivity contribution in [3.63, 3.8) is 0 Å². The molecule has 0 unspecified atom stereocenters. The summed E-state index contributed by atoms with van der Waals surface area (Å²) in [5, 5.41) is 7.88. The molecule has 1 N–H and O–H groups in total. The molecule has 3 heterocycles. The number of halogens is 1. The van der Waals surface area contributed by atoms with Crippen LogP contribution in [-0.4, -0.2) is 46.4 Å². The third kappa shape index (κ3) is 5.07. The fourth-order valence-corrected chi connectivity index (χ4v) is 4.18. The number of amides is 1. The second kappa shape index (κ2) is 10.2. The SMILES string of the molecule is COc1ccc(Cn2nc(NC(=O)c3ccc(OC)c(Cl)c3)cc2-c2cn3ccc(OC)cc3n2)cc1. The summed E-state index contributed by atoms with van der Waals surface area (Å²) >= 11 is 6.20. The molecule has 3 aromatic heterocycles. The van der Waals surface area contributed by atoms with Crippen LogP contribution >= 0.6 is 11.6 Å². The van der Waals surface area contributed by atoms with E-state index in [4.69, 9.17) is 30.8 Å². The van der Waals surface area contributed by atoms with Crippen molar-refractivity contribution in [3.05, 3.63) is 89.2 Å². The molecule has 0 atom stereocenters. The van der Waals surface area contributed by atoms with Gasteiger partial charge in [0.05, 0.1) is 38.6 Å². The second-order valence-corrected chi connectivity index (χ2v) is 8.59. The van der Waals surface area contributed by atoms with E-state index in [9.17, 15) is 4.79 Å². The summed E-state index contributed by atoms with van der Waals surface area (Å²) in [5.41, 5.74) is 3.56. The van der Waals surface area contributed by atoms with Gasteiger partial charge >= 0.3 is 0 Å². The van der Waals surface area contributed by atoms with Gasteiger partial charge in [0.15, 0.2) is 5.82 Å². The average Bonchev–Trinajstić information content (AvgIpc) is 3.52. The number of carbonyl (C=O) groups is 1. The molecule has 0 saturated heterocycles. The molecule has 0 radical (unpaired) electrons. The summed E-state index contributed by atoms with van der Waals surface area (Å²) in [4.78, 5) is 17.7. The maximum Gasteiger partial charge on any atom is 0.256 e. The van der Waals surface area contributed by atoms with Gasteiger partial charge in [0, 0.05) is 30.1 Å². The fraction of sp³-hybridized carbons (Fsp3) is 0.148. The third-order valence-electron chi connectivity index (χ3n) is 5.86. The molecule has 0 spiro atoms. The number of fused-ring (bicyclic) bond motifs is 1. The Morgan fingerprint density at radius 3 is 2.43 bits per heavy atom. The predicted molar refractivity (Wildman–Crippen MR) is 141 cm³/mol. The van der Waals surface area contributed by atoms with Gasteiger partial charge in [-0.05, 0) is 42.0 Å². The zero-order chi connectivity index (χ0) is 25.9. The molecule has 10 heteroatoms. The number of rotatable bonds is 8. The van der Waals surface area contributed by atoms with Crippen LogP contribution in [0, 0.1) is 0 Å². The van der Waals surface area contributed by atoms with Gasteiger partial charge in [-0.3, -0.25) is 9.48 Å². The number of aromatic nitrogens is 4. The minimum atomic E-state index is -0.343. The molecule has 9 nitrogen and oxygen atoms in total. The van der Waals surface area contributed by atoms with Crippen LogP contribution in [0.3, 0.4) is 0 Å². The highest BCUT2D eigenvalue weighted by molar-refractivity contribution is 6.32. The maximum absolute atomic E-state index is 13.0. The first-order valence-electron chi connectivity index (χ1n) is 11.4. The smallest absolute Gasteiger partial charge is 0.256 e. The average molecular weight is 518 g/mol. The minimum Gasteiger partial charge on any atom is -0.497 e. The van der Waals surface area contributed by atoms with Crippen molar-refractivity contribution in [2.24, 2.45) is 0 Å². The molecule has 5 aromatic rings. The minimum absolute atomic E-state index is 0.343. The van der Waals surface area contributed by atoms with E-state index >= 15 is 0 Å². The molecule has 0 saturated carbocycles. The van der Waals surface area contributed by atoms with Crippen molar-refractivity contribution in [1.29, 1.82) is 0 Å². The first-order valence-corrected chi connectivity index (χ1v) is 11.7. The molecule has 0 fully saturated rings. The monoisotopic (exact) mass is 517 g/mol. The number of pyridine rings is 1. The predicted octanol–water partition coefficient (Wildman–Crippen LogP) is 5.18. The van der Waals surface area contributed by atoms with E-state index in [1.165, 1.54) is 7.11 Å². The lowest BCUT2D eigenvalue weighted by Gasteiger charge is -2.07. The fourth-order valence-electron chi connectivity index (χ4n) is 3.92. The van der Waals surface area contributed by atoms with Crippen molar-refractivity contribution >= 4 is 29.0 Å². The molecule has 0 aliphatic heterocycles. The van der Waals surface area contributed by atoms with Crippen LogP contribution in [0.1, 0.15) is 15.9 Å². The molecule has 1 amide bonds. The number of imidazole rings is 1. The number of ether oxygens (including phenoxy) is 3. The van der Waals surface area contributed by atoms with Crippen molar-refractivity contribution in [2.45, 2.75) is 6.54 Å². The van der Waals surface area contributed by atoms with Gasteiger partial charge in [0.1, 0.15) is 28.6 Å².